The highest BCUT2D eigenvalue weighted by Gasteiger charge is 2.17. The number of aromatic nitrogens is 3. The zero-order chi connectivity index (χ0) is 15.4. The predicted molar refractivity (Wildman–Crippen MR) is 80.3 cm³/mol. The summed E-state index contributed by atoms with van der Waals surface area (Å²) < 4.78 is 13.2. The molecule has 0 amide bonds. The number of nitrogens with zero attached hydrogens (tertiary/aromatic N) is 3. The summed E-state index contributed by atoms with van der Waals surface area (Å²) in [6, 6.07) is 1.09. The fraction of sp³-hybridized carbons (Fsp3) is 0.500. The minimum atomic E-state index is -0.553. The summed E-state index contributed by atoms with van der Waals surface area (Å²) in [6.45, 7) is 3.80. The minimum absolute atomic E-state index is 0.0391. The molecule has 0 saturated carbocycles. The molecular weight excluding hydrogens is 273 g/mol. The number of pyridine rings is 1. The van der Waals surface area contributed by atoms with Gasteiger partial charge in [-0.25, -0.2) is 14.4 Å². The van der Waals surface area contributed by atoms with Crippen LogP contribution in [0.15, 0.2) is 12.3 Å². The van der Waals surface area contributed by atoms with E-state index in [1.54, 1.807) is 6.92 Å². The molecule has 0 aliphatic heterocycles. The van der Waals surface area contributed by atoms with E-state index in [1.807, 2.05) is 0 Å². The average Bonchev–Trinajstić information content (AvgIpc) is 2.42. The monoisotopic (exact) mass is 293 g/mol. The van der Waals surface area contributed by atoms with Gasteiger partial charge >= 0.3 is 0 Å². The van der Waals surface area contributed by atoms with E-state index in [2.05, 4.69) is 27.2 Å². The molecule has 2 rings (SSSR count). The van der Waals surface area contributed by atoms with E-state index in [9.17, 15) is 9.50 Å². The van der Waals surface area contributed by atoms with Crippen molar-refractivity contribution in [2.45, 2.75) is 45.3 Å². The van der Waals surface area contributed by atoms with Gasteiger partial charge < -0.3 is 16.2 Å². The van der Waals surface area contributed by atoms with Crippen LogP contribution in [0.25, 0.3) is 11.0 Å². The molecule has 6 nitrogen and oxygen atoms in total. The first-order chi connectivity index (χ1) is 10.0. The van der Waals surface area contributed by atoms with Gasteiger partial charge in [0.05, 0.1) is 23.9 Å². The summed E-state index contributed by atoms with van der Waals surface area (Å²) in [5.41, 5.74) is 6.43. The number of nitrogens with one attached hydrogen (secondary N) is 1. The summed E-state index contributed by atoms with van der Waals surface area (Å²) in [7, 11) is 0. The zero-order valence-corrected chi connectivity index (χ0v) is 12.2. The van der Waals surface area contributed by atoms with Crippen LogP contribution in [0.3, 0.4) is 0 Å². The van der Waals surface area contributed by atoms with Crippen molar-refractivity contribution in [2.24, 2.45) is 0 Å². The van der Waals surface area contributed by atoms with E-state index in [1.165, 1.54) is 6.07 Å². The lowest BCUT2D eigenvalue weighted by Gasteiger charge is -2.22. The highest BCUT2D eigenvalue weighted by molar-refractivity contribution is 5.86. The average molecular weight is 293 g/mol. The van der Waals surface area contributed by atoms with E-state index in [0.717, 1.165) is 25.5 Å². The first-order valence-electron chi connectivity index (χ1n) is 7.04. The van der Waals surface area contributed by atoms with Crippen LogP contribution in [0.4, 0.5) is 16.2 Å². The third-order valence-corrected chi connectivity index (χ3v) is 3.29. The number of aliphatic hydroxyl groups is 1. The van der Waals surface area contributed by atoms with E-state index < -0.39 is 11.9 Å². The summed E-state index contributed by atoms with van der Waals surface area (Å²) in [5, 5.41) is 13.0. The lowest BCUT2D eigenvalue weighted by molar-refractivity contribution is 0.166. The van der Waals surface area contributed by atoms with Gasteiger partial charge in [-0.2, -0.15) is 4.98 Å². The second-order valence-corrected chi connectivity index (χ2v) is 5.09. The Labute approximate surface area is 122 Å². The highest BCUT2D eigenvalue weighted by atomic mass is 19.1. The molecule has 0 fully saturated rings. The predicted octanol–water partition coefficient (Wildman–Crippen LogP) is 2.10. The van der Waals surface area contributed by atoms with Crippen LogP contribution in [0, 0.1) is 5.82 Å². The quantitative estimate of drug-likeness (QED) is 0.754. The largest absolute Gasteiger partial charge is 0.391 e. The Morgan fingerprint density at radius 1 is 1.43 bits per heavy atom. The zero-order valence-electron chi connectivity index (χ0n) is 12.2. The highest BCUT2D eigenvalue weighted by Crippen LogP contribution is 2.22. The normalized spacial score (nSPS) is 14.1. The number of nitrogens with two attached hydrogens (primary N) is 1. The number of aliphatic hydroxyl groups excluding tert-OH is 1. The van der Waals surface area contributed by atoms with Crippen LogP contribution in [0.1, 0.15) is 33.1 Å². The number of unbranched alkanes of at least 4 members (excludes halogenated alkanes) is 1. The fourth-order valence-electron chi connectivity index (χ4n) is 2.15. The lowest BCUT2D eigenvalue weighted by atomic mass is 10.1. The number of hydrogen-bond donors (Lipinski definition) is 3. The van der Waals surface area contributed by atoms with Gasteiger partial charge in [0.1, 0.15) is 11.3 Å². The van der Waals surface area contributed by atoms with E-state index in [0.29, 0.717) is 16.9 Å². The summed E-state index contributed by atoms with van der Waals surface area (Å²) in [6.07, 6.45) is 3.35. The molecule has 0 spiro atoms. The maximum Gasteiger partial charge on any atom is 0.222 e. The SMILES string of the molecule is CCCC[C@@H](Nc1nc(N)nc2cc(F)cnc12)[C@H](C)O. The van der Waals surface area contributed by atoms with Crippen LogP contribution in [-0.2, 0) is 0 Å². The Hall–Kier alpha value is -2.02. The van der Waals surface area contributed by atoms with Crippen LogP contribution >= 0.6 is 0 Å². The van der Waals surface area contributed by atoms with Crippen molar-refractivity contribution in [3.05, 3.63) is 18.1 Å². The van der Waals surface area contributed by atoms with Crippen molar-refractivity contribution in [3.63, 3.8) is 0 Å². The van der Waals surface area contributed by atoms with Crippen molar-refractivity contribution in [2.75, 3.05) is 11.1 Å². The number of halogens is 1. The molecule has 0 unspecified atom stereocenters. The van der Waals surface area contributed by atoms with Crippen LogP contribution < -0.4 is 11.1 Å². The van der Waals surface area contributed by atoms with Gasteiger partial charge in [-0.3, -0.25) is 0 Å². The van der Waals surface area contributed by atoms with Gasteiger partial charge in [0.25, 0.3) is 0 Å². The molecule has 2 atom stereocenters. The summed E-state index contributed by atoms with van der Waals surface area (Å²) in [4.78, 5) is 12.1. The van der Waals surface area contributed by atoms with Gasteiger partial charge in [0.2, 0.25) is 5.95 Å². The first kappa shape index (κ1) is 15.4. The van der Waals surface area contributed by atoms with Crippen LogP contribution in [0.5, 0.6) is 0 Å². The Balaban J connectivity index is 2.35. The molecule has 0 aliphatic rings. The Kier molecular flexibility index (Phi) is 4.85. The molecule has 0 bridgehead atoms. The third kappa shape index (κ3) is 3.75. The fourth-order valence-corrected chi connectivity index (χ4v) is 2.15. The first-order valence-corrected chi connectivity index (χ1v) is 7.04. The second kappa shape index (κ2) is 6.62. The van der Waals surface area contributed by atoms with Gasteiger partial charge in [-0.1, -0.05) is 19.8 Å². The van der Waals surface area contributed by atoms with E-state index in [-0.39, 0.29) is 12.0 Å². The molecule has 2 aromatic rings. The topological polar surface area (TPSA) is 97.0 Å². The Morgan fingerprint density at radius 3 is 2.86 bits per heavy atom. The second-order valence-electron chi connectivity index (χ2n) is 5.09. The molecular formula is C14H20FN5O. The van der Waals surface area contributed by atoms with Gasteiger partial charge in [-0.05, 0) is 13.3 Å². The molecule has 114 valence electrons. The molecule has 21 heavy (non-hydrogen) atoms. The van der Waals surface area contributed by atoms with Gasteiger partial charge in [0.15, 0.2) is 5.82 Å². The molecule has 4 N–H and O–H groups in total. The maximum atomic E-state index is 13.2. The van der Waals surface area contributed by atoms with Gasteiger partial charge in [0, 0.05) is 6.07 Å². The van der Waals surface area contributed by atoms with Crippen LogP contribution in [0.2, 0.25) is 0 Å². The summed E-state index contributed by atoms with van der Waals surface area (Å²) in [5.74, 6) is -0.0265. The van der Waals surface area contributed by atoms with E-state index >= 15 is 0 Å². The summed E-state index contributed by atoms with van der Waals surface area (Å²) >= 11 is 0. The van der Waals surface area contributed by atoms with E-state index in [4.69, 9.17) is 5.73 Å². The van der Waals surface area contributed by atoms with Crippen molar-refractivity contribution < 1.29 is 9.50 Å². The van der Waals surface area contributed by atoms with Crippen LogP contribution in [-0.4, -0.2) is 32.2 Å². The number of nitrogen functional groups attached to an aromatic ring is 1. The molecule has 2 aromatic heterocycles. The molecule has 7 heteroatoms. The number of rotatable bonds is 6. The lowest BCUT2D eigenvalue weighted by Crippen LogP contribution is -2.32. The Morgan fingerprint density at radius 2 is 2.19 bits per heavy atom. The molecule has 0 radical (unpaired) electrons. The standard InChI is InChI=1S/C14H20FN5O/c1-3-4-5-10(8(2)21)18-13-12-11(19-14(16)20-13)6-9(15)7-17-12/h6-8,10,21H,3-5H2,1-2H3,(H3,16,18,19,20)/t8-,10+/m0/s1. The number of hydrogen-bond acceptors (Lipinski definition) is 6. The molecule has 0 aliphatic carbocycles. The molecule has 2 heterocycles. The van der Waals surface area contributed by atoms with Crippen molar-refractivity contribution >= 4 is 22.8 Å². The molecule has 0 aromatic carbocycles. The van der Waals surface area contributed by atoms with Crippen molar-refractivity contribution in [1.29, 1.82) is 0 Å². The Bertz CT molecular complexity index is 614. The van der Waals surface area contributed by atoms with Crippen molar-refractivity contribution in [1.82, 2.24) is 15.0 Å². The maximum absolute atomic E-state index is 13.2. The van der Waals surface area contributed by atoms with Gasteiger partial charge in [-0.15, -0.1) is 0 Å². The third-order valence-electron chi connectivity index (χ3n) is 3.29. The number of anilines is 2. The molecule has 0 saturated heterocycles. The smallest absolute Gasteiger partial charge is 0.222 e. The van der Waals surface area contributed by atoms with Crippen molar-refractivity contribution in [3.8, 4) is 0 Å². The minimum Gasteiger partial charge on any atom is -0.391 e. The number of fused-ring (bicyclic) bond motifs is 1.